The Labute approximate surface area is 252 Å². The first-order chi connectivity index (χ1) is 20.2. The third kappa shape index (κ3) is 5.64. The second kappa shape index (κ2) is 11.5. The number of pyridine rings is 2. The Kier molecular flexibility index (Phi) is 7.75. The molecule has 4 aromatic rings. The first-order valence-electron chi connectivity index (χ1n) is 13.2. The van der Waals surface area contributed by atoms with Gasteiger partial charge in [-0.3, -0.25) is 10.3 Å². The van der Waals surface area contributed by atoms with Crippen molar-refractivity contribution in [3.8, 4) is 0 Å². The molecule has 0 saturated carbocycles. The van der Waals surface area contributed by atoms with Gasteiger partial charge < -0.3 is 10.6 Å². The molecular weight excluding hydrogens is 596 g/mol. The summed E-state index contributed by atoms with van der Waals surface area (Å²) in [5.74, 6) is 0.799. The Bertz CT molecular complexity index is 1720. The minimum Gasteiger partial charge on any atom is -0.355 e. The number of sulfonamides is 1. The quantitative estimate of drug-likeness (QED) is 0.281. The molecule has 2 amide bonds. The predicted molar refractivity (Wildman–Crippen MR) is 160 cm³/mol. The number of rotatable bonds is 6. The van der Waals surface area contributed by atoms with E-state index < -0.39 is 16.1 Å². The largest absolute Gasteiger partial charge is 0.355 e. The van der Waals surface area contributed by atoms with Crippen LogP contribution in [0.3, 0.4) is 0 Å². The van der Waals surface area contributed by atoms with Gasteiger partial charge in [0.25, 0.3) is 10.0 Å². The van der Waals surface area contributed by atoms with Gasteiger partial charge in [-0.25, -0.2) is 32.9 Å². The Hall–Kier alpha value is -3.78. The van der Waals surface area contributed by atoms with Crippen molar-refractivity contribution < 1.29 is 13.2 Å². The third-order valence-corrected chi connectivity index (χ3v) is 10.5. The molecule has 0 radical (unpaired) electrons. The minimum atomic E-state index is -4.06. The lowest BCUT2D eigenvalue weighted by Gasteiger charge is -2.42. The first kappa shape index (κ1) is 28.3. The molecule has 1 saturated heterocycles. The zero-order chi connectivity index (χ0) is 29.3. The van der Waals surface area contributed by atoms with E-state index in [9.17, 15) is 13.2 Å². The molecule has 1 atom stereocenters. The molecule has 1 unspecified atom stereocenters. The highest BCUT2D eigenvalue weighted by atomic mass is 35.5. The van der Waals surface area contributed by atoms with Gasteiger partial charge in [-0.15, -0.1) is 0 Å². The summed E-state index contributed by atoms with van der Waals surface area (Å²) in [5.41, 5.74) is 8.97. The first-order valence-corrected chi connectivity index (χ1v) is 15.9. The van der Waals surface area contributed by atoms with Crippen LogP contribution in [0.25, 0.3) is 0 Å². The fraction of sp³-hybridized carbons (Fsp3) is 0.250. The van der Waals surface area contributed by atoms with Gasteiger partial charge >= 0.3 is 6.03 Å². The molecule has 4 N–H and O–H groups in total. The summed E-state index contributed by atoms with van der Waals surface area (Å²) in [5, 5.41) is 3.15. The summed E-state index contributed by atoms with van der Waals surface area (Å²) in [7, 11) is -4.06. The molecule has 14 heteroatoms. The predicted octanol–water partition coefficient (Wildman–Crippen LogP) is 4.42. The van der Waals surface area contributed by atoms with Crippen LogP contribution in [0.2, 0.25) is 5.02 Å². The van der Waals surface area contributed by atoms with Crippen molar-refractivity contribution in [3.05, 3.63) is 89.6 Å². The molecule has 1 aromatic carbocycles. The second-order valence-electron chi connectivity index (χ2n) is 10.2. The molecule has 1 aliphatic heterocycles. The SMILES string of the molecule is NC1c2ncccc2CC12CCN(c1cnc(Sc3ccnc(NC(=O)NS(=O)(=O)c4ccccc4)c3Cl)cn1)CC2. The zero-order valence-electron chi connectivity index (χ0n) is 22.3. The number of carbonyl (C=O) groups is 1. The normalized spacial score (nSPS) is 17.6. The molecule has 11 nitrogen and oxygen atoms in total. The zero-order valence-corrected chi connectivity index (χ0v) is 24.7. The highest BCUT2D eigenvalue weighted by Crippen LogP contribution is 2.50. The van der Waals surface area contributed by atoms with Gasteiger partial charge in [0.05, 0.1) is 34.0 Å². The Morgan fingerprint density at radius 1 is 1.00 bits per heavy atom. The van der Waals surface area contributed by atoms with E-state index in [4.69, 9.17) is 17.3 Å². The highest BCUT2D eigenvalue weighted by Gasteiger charge is 2.46. The lowest BCUT2D eigenvalue weighted by molar-refractivity contribution is 0.185. The number of aromatic nitrogens is 4. The Morgan fingerprint density at radius 2 is 1.79 bits per heavy atom. The van der Waals surface area contributed by atoms with Gasteiger partial charge in [0.1, 0.15) is 10.8 Å². The summed E-state index contributed by atoms with van der Waals surface area (Å²) in [6.45, 7) is 1.66. The molecule has 3 aromatic heterocycles. The Balaban J connectivity index is 1.07. The Morgan fingerprint density at radius 3 is 2.50 bits per heavy atom. The van der Waals surface area contributed by atoms with Gasteiger partial charge in [-0.2, -0.15) is 0 Å². The van der Waals surface area contributed by atoms with Crippen LogP contribution in [0.4, 0.5) is 16.4 Å². The number of halogens is 1. The highest BCUT2D eigenvalue weighted by molar-refractivity contribution is 7.99. The topological polar surface area (TPSA) is 156 Å². The van der Waals surface area contributed by atoms with E-state index >= 15 is 0 Å². The maximum Gasteiger partial charge on any atom is 0.334 e. The van der Waals surface area contributed by atoms with Crippen LogP contribution < -0.4 is 20.7 Å². The molecular formula is C28H27ClN8O3S2. The number of piperidine rings is 1. The molecule has 1 fully saturated rings. The van der Waals surface area contributed by atoms with Crippen molar-refractivity contribution in [1.82, 2.24) is 24.7 Å². The van der Waals surface area contributed by atoms with Crippen LogP contribution >= 0.6 is 23.4 Å². The number of hydrogen-bond acceptors (Lipinski definition) is 10. The van der Waals surface area contributed by atoms with Crippen molar-refractivity contribution in [3.63, 3.8) is 0 Å². The van der Waals surface area contributed by atoms with Crippen molar-refractivity contribution in [2.24, 2.45) is 11.1 Å². The molecule has 2 aliphatic rings. The van der Waals surface area contributed by atoms with E-state index in [1.165, 1.54) is 35.7 Å². The van der Waals surface area contributed by atoms with Gasteiger partial charge in [0.15, 0.2) is 5.82 Å². The minimum absolute atomic E-state index is 0.0109. The van der Waals surface area contributed by atoms with Crippen molar-refractivity contribution in [2.45, 2.75) is 40.1 Å². The number of fused-ring (bicyclic) bond motifs is 1. The number of amides is 2. The summed E-state index contributed by atoms with van der Waals surface area (Å²) in [4.78, 5) is 33.0. The molecule has 1 aliphatic carbocycles. The van der Waals surface area contributed by atoms with E-state index in [2.05, 4.69) is 36.2 Å². The standard InChI is InChI=1S/C28H27ClN8O3S2/c29-23-20(8-12-32-26(23)35-27(38)36-42(39,40)19-6-2-1-3-7-19)41-22-17-33-21(16-34-22)37-13-9-28(10-14-37)15-18-5-4-11-31-24(18)25(28)30/h1-8,11-12,16-17,25H,9-10,13-15,30H2,(H2,32,35,36,38). The number of nitrogens with zero attached hydrogens (tertiary/aromatic N) is 5. The molecule has 6 rings (SSSR count). The van der Waals surface area contributed by atoms with Crippen LogP contribution in [-0.4, -0.2) is 47.5 Å². The van der Waals surface area contributed by atoms with Gasteiger partial charge in [0, 0.05) is 30.4 Å². The molecule has 42 heavy (non-hydrogen) atoms. The maximum absolute atomic E-state index is 12.4. The van der Waals surface area contributed by atoms with E-state index in [-0.39, 0.29) is 27.2 Å². The number of benzene rings is 1. The van der Waals surface area contributed by atoms with Crippen molar-refractivity contribution in [2.75, 3.05) is 23.3 Å². The van der Waals surface area contributed by atoms with E-state index in [1.807, 2.05) is 17.0 Å². The fourth-order valence-electron chi connectivity index (χ4n) is 5.47. The van der Waals surface area contributed by atoms with E-state index in [1.54, 1.807) is 36.7 Å². The molecule has 0 bridgehead atoms. The number of carbonyl (C=O) groups excluding carboxylic acids is 1. The molecule has 1 spiro atoms. The van der Waals surface area contributed by atoms with Crippen molar-refractivity contribution >= 4 is 51.1 Å². The fourth-order valence-corrected chi connectivity index (χ4v) is 7.43. The second-order valence-corrected chi connectivity index (χ2v) is 13.3. The monoisotopic (exact) mass is 622 g/mol. The van der Waals surface area contributed by atoms with Crippen LogP contribution in [0, 0.1) is 5.41 Å². The third-order valence-electron chi connectivity index (χ3n) is 7.70. The van der Waals surface area contributed by atoms with E-state index in [0.717, 1.165) is 43.9 Å². The van der Waals surface area contributed by atoms with Crippen LogP contribution in [0.15, 0.2) is 88.1 Å². The summed E-state index contributed by atoms with van der Waals surface area (Å²) >= 11 is 7.75. The van der Waals surface area contributed by atoms with Crippen LogP contribution in [0.5, 0.6) is 0 Å². The summed E-state index contributed by atoms with van der Waals surface area (Å²) in [6, 6.07) is 12.3. The summed E-state index contributed by atoms with van der Waals surface area (Å²) < 4.78 is 26.8. The molecule has 216 valence electrons. The number of nitrogens with two attached hydrogens (primary N) is 1. The maximum atomic E-state index is 12.4. The number of urea groups is 1. The van der Waals surface area contributed by atoms with Crippen LogP contribution in [0.1, 0.15) is 30.1 Å². The number of hydrogen-bond donors (Lipinski definition) is 3. The van der Waals surface area contributed by atoms with Gasteiger partial charge in [0.2, 0.25) is 0 Å². The lowest BCUT2D eigenvalue weighted by Crippen LogP contribution is -2.44. The van der Waals surface area contributed by atoms with Crippen LogP contribution in [-0.2, 0) is 16.4 Å². The smallest absolute Gasteiger partial charge is 0.334 e. The van der Waals surface area contributed by atoms with Gasteiger partial charge in [-0.05, 0) is 54.5 Å². The average Bonchev–Trinajstić information content (AvgIpc) is 3.27. The molecule has 4 heterocycles. The lowest BCUT2D eigenvalue weighted by atomic mass is 9.73. The number of nitrogens with one attached hydrogen (secondary N) is 2. The van der Waals surface area contributed by atoms with Crippen molar-refractivity contribution in [1.29, 1.82) is 0 Å². The average molecular weight is 623 g/mol. The number of anilines is 2. The van der Waals surface area contributed by atoms with Gasteiger partial charge in [-0.1, -0.05) is 47.6 Å². The summed E-state index contributed by atoms with van der Waals surface area (Å²) in [6.07, 6.45) is 9.55. The van der Waals surface area contributed by atoms with E-state index in [0.29, 0.717) is 9.92 Å².